The van der Waals surface area contributed by atoms with Crippen LogP contribution in [0.2, 0.25) is 0 Å². The highest BCUT2D eigenvalue weighted by Gasteiger charge is 2.02. The van der Waals surface area contributed by atoms with Crippen LogP contribution in [0.1, 0.15) is 5.69 Å². The second-order valence-corrected chi connectivity index (χ2v) is 3.01. The molecule has 3 N–H and O–H groups in total. The van der Waals surface area contributed by atoms with Gasteiger partial charge in [-0.3, -0.25) is 4.98 Å². The van der Waals surface area contributed by atoms with Crippen LogP contribution in [0.5, 0.6) is 0 Å². The third kappa shape index (κ3) is 2.96. The summed E-state index contributed by atoms with van der Waals surface area (Å²) in [7, 11) is 1.86. The molecule has 0 aromatic carbocycles. The molecule has 1 rings (SSSR count). The summed E-state index contributed by atoms with van der Waals surface area (Å²) in [5.41, 5.74) is 3.38. The van der Waals surface area contributed by atoms with Gasteiger partial charge in [-0.05, 0) is 24.4 Å². The molecule has 0 aliphatic rings. The van der Waals surface area contributed by atoms with Gasteiger partial charge < -0.3 is 10.3 Å². The molecule has 1 aromatic rings. The number of thiocarbonyl (C=S) groups is 1. The van der Waals surface area contributed by atoms with Gasteiger partial charge >= 0.3 is 0 Å². The zero-order chi connectivity index (χ0) is 9.68. The molecular weight excluding hydrogens is 184 g/mol. The van der Waals surface area contributed by atoms with Crippen LogP contribution in [0, 0.1) is 0 Å². The van der Waals surface area contributed by atoms with Gasteiger partial charge in [0.15, 0.2) is 5.11 Å². The van der Waals surface area contributed by atoms with Crippen LogP contribution in [0.25, 0.3) is 0 Å². The molecule has 0 radical (unpaired) electrons. The predicted octanol–water partition coefficient (Wildman–Crippen LogP) is 0.262. The van der Waals surface area contributed by atoms with Crippen LogP contribution >= 0.6 is 12.2 Å². The third-order valence-corrected chi connectivity index (χ3v) is 2.03. The Hall–Kier alpha value is -1.20. The molecule has 0 spiro atoms. The Morgan fingerprint density at radius 3 is 3.00 bits per heavy atom. The van der Waals surface area contributed by atoms with E-state index in [0.717, 1.165) is 5.69 Å². The minimum Gasteiger partial charge on any atom is -0.345 e. The molecule has 0 saturated carbocycles. The van der Waals surface area contributed by atoms with E-state index in [0.29, 0.717) is 11.7 Å². The summed E-state index contributed by atoms with van der Waals surface area (Å²) in [5, 5.41) is 0.505. The monoisotopic (exact) mass is 196 g/mol. The van der Waals surface area contributed by atoms with E-state index in [1.807, 2.05) is 30.1 Å². The number of rotatable bonds is 2. The number of nitrogens with one attached hydrogen (secondary N) is 1. The lowest BCUT2D eigenvalue weighted by Gasteiger charge is -2.18. The number of hydrazine groups is 1. The van der Waals surface area contributed by atoms with Gasteiger partial charge in [0.25, 0.3) is 0 Å². The van der Waals surface area contributed by atoms with Gasteiger partial charge in [0, 0.05) is 13.2 Å². The van der Waals surface area contributed by atoms with Crippen molar-refractivity contribution < 1.29 is 0 Å². The van der Waals surface area contributed by atoms with Crippen molar-refractivity contribution in [1.82, 2.24) is 15.3 Å². The predicted molar refractivity (Wildman–Crippen MR) is 55.6 cm³/mol. The second-order valence-electron chi connectivity index (χ2n) is 2.63. The van der Waals surface area contributed by atoms with Gasteiger partial charge in [-0.15, -0.1) is 0 Å². The van der Waals surface area contributed by atoms with Gasteiger partial charge in [-0.2, -0.15) is 0 Å². The Bertz CT molecular complexity index is 275. The number of hydrogen-bond acceptors (Lipinski definition) is 3. The number of hydrogen-bond donors (Lipinski definition) is 2. The fourth-order valence-electron chi connectivity index (χ4n) is 0.917. The second kappa shape index (κ2) is 4.74. The molecule has 0 aliphatic heterocycles. The molecule has 70 valence electrons. The van der Waals surface area contributed by atoms with E-state index in [-0.39, 0.29) is 0 Å². The van der Waals surface area contributed by atoms with E-state index in [1.54, 1.807) is 6.20 Å². The van der Waals surface area contributed by atoms with Crippen molar-refractivity contribution in [3.05, 3.63) is 30.1 Å². The van der Waals surface area contributed by atoms with Crippen molar-refractivity contribution in [2.45, 2.75) is 6.54 Å². The fourth-order valence-corrected chi connectivity index (χ4v) is 0.981. The van der Waals surface area contributed by atoms with Crippen molar-refractivity contribution in [3.8, 4) is 0 Å². The molecule has 0 amide bonds. The topological polar surface area (TPSA) is 54.2 Å². The zero-order valence-electron chi connectivity index (χ0n) is 7.40. The van der Waals surface area contributed by atoms with Crippen molar-refractivity contribution in [2.75, 3.05) is 7.05 Å². The zero-order valence-corrected chi connectivity index (χ0v) is 8.21. The van der Waals surface area contributed by atoms with E-state index in [1.165, 1.54) is 0 Å². The van der Waals surface area contributed by atoms with Gasteiger partial charge in [0.1, 0.15) is 0 Å². The molecule has 0 fully saturated rings. The van der Waals surface area contributed by atoms with E-state index in [4.69, 9.17) is 18.1 Å². The Morgan fingerprint density at radius 1 is 1.69 bits per heavy atom. The van der Waals surface area contributed by atoms with Crippen LogP contribution < -0.4 is 11.3 Å². The Balaban J connectivity index is 2.55. The first kappa shape index (κ1) is 9.88. The van der Waals surface area contributed by atoms with E-state index < -0.39 is 0 Å². The molecular formula is C8H12N4S. The minimum absolute atomic E-state index is 0.505. The van der Waals surface area contributed by atoms with Gasteiger partial charge in [-0.25, -0.2) is 5.84 Å². The maximum absolute atomic E-state index is 5.17. The number of nitrogens with zero attached hydrogens (tertiary/aromatic N) is 2. The number of pyridine rings is 1. The summed E-state index contributed by atoms with van der Waals surface area (Å²) in [6.07, 6.45) is 1.75. The summed E-state index contributed by atoms with van der Waals surface area (Å²) in [6, 6.07) is 5.76. The first-order valence-electron chi connectivity index (χ1n) is 3.85. The quantitative estimate of drug-likeness (QED) is 0.404. The average Bonchev–Trinajstić information content (AvgIpc) is 2.18. The lowest BCUT2D eigenvalue weighted by atomic mass is 10.3. The fraction of sp³-hybridized carbons (Fsp3) is 0.250. The molecule has 1 heterocycles. The third-order valence-electron chi connectivity index (χ3n) is 1.60. The van der Waals surface area contributed by atoms with Gasteiger partial charge in [-0.1, -0.05) is 6.07 Å². The Morgan fingerprint density at radius 2 is 2.46 bits per heavy atom. The first-order valence-corrected chi connectivity index (χ1v) is 4.26. The Labute approximate surface area is 82.7 Å². The number of aromatic nitrogens is 1. The number of nitrogens with two attached hydrogens (primary N) is 1. The van der Waals surface area contributed by atoms with E-state index in [9.17, 15) is 0 Å². The van der Waals surface area contributed by atoms with Crippen molar-refractivity contribution in [1.29, 1.82) is 0 Å². The lowest BCUT2D eigenvalue weighted by Crippen LogP contribution is -2.40. The summed E-state index contributed by atoms with van der Waals surface area (Å²) < 4.78 is 0. The molecule has 1 aromatic heterocycles. The van der Waals surface area contributed by atoms with Gasteiger partial charge in [0.2, 0.25) is 0 Å². The highest BCUT2D eigenvalue weighted by Crippen LogP contribution is 1.98. The van der Waals surface area contributed by atoms with Crippen LogP contribution in [-0.4, -0.2) is 22.0 Å². The molecule has 0 aliphatic carbocycles. The van der Waals surface area contributed by atoms with E-state index in [2.05, 4.69) is 10.4 Å². The minimum atomic E-state index is 0.505. The first-order chi connectivity index (χ1) is 6.24. The molecule has 5 heteroatoms. The summed E-state index contributed by atoms with van der Waals surface area (Å²) in [5.74, 6) is 5.17. The molecule has 0 saturated heterocycles. The molecule has 0 atom stereocenters. The van der Waals surface area contributed by atoms with Crippen LogP contribution in [-0.2, 0) is 6.54 Å². The lowest BCUT2D eigenvalue weighted by molar-refractivity contribution is 0.483. The van der Waals surface area contributed by atoms with Crippen LogP contribution in [0.3, 0.4) is 0 Å². The summed E-state index contributed by atoms with van der Waals surface area (Å²) in [6.45, 7) is 0.657. The summed E-state index contributed by atoms with van der Waals surface area (Å²) >= 11 is 4.94. The van der Waals surface area contributed by atoms with Crippen molar-refractivity contribution in [2.24, 2.45) is 5.84 Å². The average molecular weight is 196 g/mol. The van der Waals surface area contributed by atoms with Crippen molar-refractivity contribution in [3.63, 3.8) is 0 Å². The van der Waals surface area contributed by atoms with Crippen LogP contribution in [0.4, 0.5) is 0 Å². The van der Waals surface area contributed by atoms with Crippen LogP contribution in [0.15, 0.2) is 24.4 Å². The molecule has 4 nitrogen and oxygen atoms in total. The maximum atomic E-state index is 5.17. The van der Waals surface area contributed by atoms with Gasteiger partial charge in [0.05, 0.1) is 12.2 Å². The Kier molecular flexibility index (Phi) is 3.60. The summed E-state index contributed by atoms with van der Waals surface area (Å²) in [4.78, 5) is 5.98. The highest BCUT2D eigenvalue weighted by molar-refractivity contribution is 7.80. The molecule has 0 unspecified atom stereocenters. The van der Waals surface area contributed by atoms with E-state index >= 15 is 0 Å². The standard InChI is InChI=1S/C8H12N4S/c1-12(8(13)11-9)6-7-4-2-3-5-10-7/h2-5H,6,9H2,1H3,(H,11,13). The van der Waals surface area contributed by atoms with Crippen molar-refractivity contribution >= 4 is 17.3 Å². The smallest absolute Gasteiger partial charge is 0.183 e. The highest BCUT2D eigenvalue weighted by atomic mass is 32.1. The largest absolute Gasteiger partial charge is 0.345 e. The normalized spacial score (nSPS) is 9.38. The SMILES string of the molecule is CN(Cc1ccccn1)C(=S)NN. The molecule has 13 heavy (non-hydrogen) atoms. The maximum Gasteiger partial charge on any atom is 0.183 e. The molecule has 0 bridgehead atoms.